The van der Waals surface area contributed by atoms with Crippen LogP contribution in [0, 0.1) is 5.82 Å². The van der Waals surface area contributed by atoms with Crippen LogP contribution in [0.1, 0.15) is 19.8 Å². The van der Waals surface area contributed by atoms with Gasteiger partial charge < -0.3 is 10.2 Å². The molecule has 0 aromatic heterocycles. The van der Waals surface area contributed by atoms with Crippen LogP contribution in [0.4, 0.5) is 10.1 Å². The molecule has 1 aliphatic rings. The zero-order valence-corrected chi connectivity index (χ0v) is 9.75. The van der Waals surface area contributed by atoms with Crippen molar-refractivity contribution in [2.45, 2.75) is 25.8 Å². The maximum Gasteiger partial charge on any atom is 0.125 e. The molecule has 1 N–H and O–H groups in total. The van der Waals surface area contributed by atoms with E-state index in [4.69, 9.17) is 0 Å². The summed E-state index contributed by atoms with van der Waals surface area (Å²) in [5.74, 6) is -0.157. The summed E-state index contributed by atoms with van der Waals surface area (Å²) in [6, 6.07) is 7.41. The van der Waals surface area contributed by atoms with Crippen LogP contribution in [0.3, 0.4) is 0 Å². The summed E-state index contributed by atoms with van der Waals surface area (Å²) in [4.78, 5) is 2.23. The zero-order chi connectivity index (χ0) is 11.4. The van der Waals surface area contributed by atoms with Gasteiger partial charge in [0.1, 0.15) is 5.82 Å². The molecule has 0 aliphatic carbocycles. The molecular weight excluding hydrogens is 203 g/mol. The van der Waals surface area contributed by atoms with Crippen molar-refractivity contribution in [1.29, 1.82) is 0 Å². The van der Waals surface area contributed by atoms with Crippen LogP contribution in [0.15, 0.2) is 24.3 Å². The molecule has 1 saturated heterocycles. The van der Waals surface area contributed by atoms with Crippen LogP contribution in [0.25, 0.3) is 0 Å². The monoisotopic (exact) mass is 222 g/mol. The van der Waals surface area contributed by atoms with Gasteiger partial charge in [0.25, 0.3) is 0 Å². The molecule has 0 radical (unpaired) electrons. The molecule has 0 saturated carbocycles. The van der Waals surface area contributed by atoms with Gasteiger partial charge in [-0.15, -0.1) is 0 Å². The highest BCUT2D eigenvalue weighted by atomic mass is 19.1. The Morgan fingerprint density at radius 3 is 3.00 bits per heavy atom. The third-order valence-corrected chi connectivity index (χ3v) is 3.16. The Morgan fingerprint density at radius 2 is 2.38 bits per heavy atom. The molecular formula is C13H19FN2. The lowest BCUT2D eigenvalue weighted by molar-refractivity contribution is 0.583. The van der Waals surface area contributed by atoms with Crippen LogP contribution in [0.2, 0.25) is 0 Å². The van der Waals surface area contributed by atoms with Crippen molar-refractivity contribution in [2.75, 3.05) is 24.5 Å². The predicted octanol–water partition coefficient (Wildman–Crippen LogP) is 2.40. The van der Waals surface area contributed by atoms with E-state index in [-0.39, 0.29) is 5.82 Å². The number of halogens is 1. The number of hydrogen-bond acceptors (Lipinski definition) is 2. The summed E-state index contributed by atoms with van der Waals surface area (Å²) in [7, 11) is 0. The molecule has 0 spiro atoms. The van der Waals surface area contributed by atoms with Crippen molar-refractivity contribution in [3.63, 3.8) is 0 Å². The summed E-state index contributed by atoms with van der Waals surface area (Å²) in [6.07, 6.45) is 2.48. The molecule has 1 aromatic carbocycles. The maximum atomic E-state index is 13.1. The molecule has 2 nitrogen and oxygen atoms in total. The highest BCUT2D eigenvalue weighted by Gasteiger charge is 2.17. The van der Waals surface area contributed by atoms with Crippen LogP contribution in [-0.4, -0.2) is 25.7 Å². The minimum absolute atomic E-state index is 0.157. The molecule has 0 amide bonds. The fraction of sp³-hybridized carbons (Fsp3) is 0.538. The SMILES string of the molecule is CCN(CC1CCCN1)c1cccc(F)c1. The molecule has 2 rings (SSSR count). The number of anilines is 1. The average Bonchev–Trinajstić information content (AvgIpc) is 2.78. The quantitative estimate of drug-likeness (QED) is 0.841. The van der Waals surface area contributed by atoms with Gasteiger partial charge in [0.15, 0.2) is 0 Å². The van der Waals surface area contributed by atoms with E-state index in [2.05, 4.69) is 17.1 Å². The second kappa shape index (κ2) is 5.30. The highest BCUT2D eigenvalue weighted by molar-refractivity contribution is 5.46. The number of nitrogens with zero attached hydrogens (tertiary/aromatic N) is 1. The van der Waals surface area contributed by atoms with Gasteiger partial charge >= 0.3 is 0 Å². The Balaban J connectivity index is 2.03. The fourth-order valence-electron chi connectivity index (χ4n) is 2.27. The van der Waals surface area contributed by atoms with Gasteiger partial charge in [-0.25, -0.2) is 4.39 Å². The minimum atomic E-state index is -0.157. The van der Waals surface area contributed by atoms with E-state index >= 15 is 0 Å². The lowest BCUT2D eigenvalue weighted by Crippen LogP contribution is -2.37. The second-order valence-electron chi connectivity index (χ2n) is 4.31. The van der Waals surface area contributed by atoms with Crippen LogP contribution in [-0.2, 0) is 0 Å². The zero-order valence-electron chi connectivity index (χ0n) is 9.75. The summed E-state index contributed by atoms with van der Waals surface area (Å²) in [5, 5.41) is 3.47. The first kappa shape index (κ1) is 11.4. The predicted molar refractivity (Wildman–Crippen MR) is 65.3 cm³/mol. The first-order valence-corrected chi connectivity index (χ1v) is 6.03. The Kier molecular flexibility index (Phi) is 3.78. The van der Waals surface area contributed by atoms with Gasteiger partial charge in [0.2, 0.25) is 0 Å². The molecule has 1 heterocycles. The third kappa shape index (κ3) is 2.73. The number of hydrogen-bond donors (Lipinski definition) is 1. The van der Waals surface area contributed by atoms with E-state index in [1.54, 1.807) is 12.1 Å². The van der Waals surface area contributed by atoms with E-state index in [9.17, 15) is 4.39 Å². The molecule has 1 aliphatic heterocycles. The lowest BCUT2D eigenvalue weighted by Gasteiger charge is -2.26. The van der Waals surface area contributed by atoms with E-state index in [0.29, 0.717) is 6.04 Å². The van der Waals surface area contributed by atoms with Crippen molar-refractivity contribution >= 4 is 5.69 Å². The van der Waals surface area contributed by atoms with Crippen molar-refractivity contribution in [3.05, 3.63) is 30.1 Å². The molecule has 0 bridgehead atoms. The second-order valence-corrected chi connectivity index (χ2v) is 4.31. The van der Waals surface area contributed by atoms with E-state index in [1.807, 2.05) is 6.07 Å². The van der Waals surface area contributed by atoms with Crippen molar-refractivity contribution in [1.82, 2.24) is 5.32 Å². The van der Waals surface area contributed by atoms with Crippen LogP contribution >= 0.6 is 0 Å². The Hall–Kier alpha value is -1.09. The summed E-state index contributed by atoms with van der Waals surface area (Å²) in [6.45, 7) is 5.12. The van der Waals surface area contributed by atoms with Gasteiger partial charge in [0, 0.05) is 24.8 Å². The van der Waals surface area contributed by atoms with Gasteiger partial charge in [-0.3, -0.25) is 0 Å². The van der Waals surface area contributed by atoms with Gasteiger partial charge in [-0.1, -0.05) is 6.07 Å². The molecule has 16 heavy (non-hydrogen) atoms. The fourth-order valence-corrected chi connectivity index (χ4v) is 2.27. The average molecular weight is 222 g/mol. The standard InChI is InChI=1S/C13H19FN2/c1-2-16(10-12-6-4-8-15-12)13-7-3-5-11(14)9-13/h3,5,7,9,12,15H,2,4,6,8,10H2,1H3. The normalized spacial score (nSPS) is 20.0. The summed E-state index contributed by atoms with van der Waals surface area (Å²) >= 11 is 0. The van der Waals surface area contributed by atoms with E-state index in [0.717, 1.165) is 25.3 Å². The molecule has 88 valence electrons. The van der Waals surface area contributed by atoms with Crippen molar-refractivity contribution in [3.8, 4) is 0 Å². The minimum Gasteiger partial charge on any atom is -0.370 e. The Labute approximate surface area is 96.5 Å². The van der Waals surface area contributed by atoms with E-state index in [1.165, 1.54) is 18.9 Å². The van der Waals surface area contributed by atoms with Crippen molar-refractivity contribution < 1.29 is 4.39 Å². The maximum absolute atomic E-state index is 13.1. The van der Waals surface area contributed by atoms with Gasteiger partial charge in [0.05, 0.1) is 0 Å². The summed E-state index contributed by atoms with van der Waals surface area (Å²) < 4.78 is 13.1. The highest BCUT2D eigenvalue weighted by Crippen LogP contribution is 2.17. The lowest BCUT2D eigenvalue weighted by atomic mass is 10.2. The first-order valence-electron chi connectivity index (χ1n) is 6.03. The molecule has 1 unspecified atom stereocenters. The number of benzene rings is 1. The third-order valence-electron chi connectivity index (χ3n) is 3.16. The molecule has 3 heteroatoms. The first-order chi connectivity index (χ1) is 7.79. The number of rotatable bonds is 4. The molecule has 1 fully saturated rings. The topological polar surface area (TPSA) is 15.3 Å². The van der Waals surface area contributed by atoms with Crippen molar-refractivity contribution in [2.24, 2.45) is 0 Å². The van der Waals surface area contributed by atoms with Crippen LogP contribution in [0.5, 0.6) is 0 Å². The Morgan fingerprint density at radius 1 is 1.50 bits per heavy atom. The molecule has 1 aromatic rings. The summed E-state index contributed by atoms with van der Waals surface area (Å²) in [5.41, 5.74) is 0.983. The smallest absolute Gasteiger partial charge is 0.125 e. The van der Waals surface area contributed by atoms with Gasteiger partial charge in [-0.2, -0.15) is 0 Å². The Bertz CT molecular complexity index is 334. The van der Waals surface area contributed by atoms with E-state index < -0.39 is 0 Å². The largest absolute Gasteiger partial charge is 0.370 e. The number of nitrogens with one attached hydrogen (secondary N) is 1. The number of likely N-dealkylation sites (N-methyl/N-ethyl adjacent to an activating group) is 1. The van der Waals surface area contributed by atoms with Crippen LogP contribution < -0.4 is 10.2 Å². The molecule has 1 atom stereocenters. The van der Waals surface area contributed by atoms with Gasteiger partial charge in [-0.05, 0) is 44.5 Å².